The quantitative estimate of drug-likeness (QED) is 0.833. The van der Waals surface area contributed by atoms with Crippen molar-refractivity contribution in [2.45, 2.75) is 58.0 Å². The van der Waals surface area contributed by atoms with Gasteiger partial charge in [-0.3, -0.25) is 0 Å². The molecule has 0 amide bonds. The first-order chi connectivity index (χ1) is 10.3. The van der Waals surface area contributed by atoms with Crippen LogP contribution in [0.5, 0.6) is 0 Å². The number of pyridine rings is 1. The minimum absolute atomic E-state index is 0.712. The molecule has 4 heteroatoms. The van der Waals surface area contributed by atoms with Crippen LogP contribution in [0.2, 0.25) is 5.02 Å². The Morgan fingerprint density at radius 2 is 2.19 bits per heavy atom. The highest BCUT2D eigenvalue weighted by Gasteiger charge is 2.36. The fourth-order valence-corrected chi connectivity index (χ4v) is 4.02. The molecule has 1 saturated carbocycles. The second-order valence-electron chi connectivity index (χ2n) is 6.40. The number of fused-ring (bicyclic) bond motifs is 1. The van der Waals surface area contributed by atoms with E-state index in [0.717, 1.165) is 42.8 Å². The molecule has 1 aromatic rings. The summed E-state index contributed by atoms with van der Waals surface area (Å²) >= 11 is 6.30. The van der Waals surface area contributed by atoms with Crippen molar-refractivity contribution in [3.63, 3.8) is 0 Å². The molecular weight excluding hydrogens is 282 g/mol. The van der Waals surface area contributed by atoms with Gasteiger partial charge in [-0.05, 0) is 49.8 Å². The van der Waals surface area contributed by atoms with E-state index in [4.69, 9.17) is 11.6 Å². The molecule has 2 aliphatic rings. The monoisotopic (exact) mass is 307 g/mol. The van der Waals surface area contributed by atoms with Crippen molar-refractivity contribution < 1.29 is 0 Å². The van der Waals surface area contributed by atoms with E-state index in [1.165, 1.54) is 37.7 Å². The van der Waals surface area contributed by atoms with Gasteiger partial charge in [0.1, 0.15) is 5.82 Å². The van der Waals surface area contributed by atoms with E-state index in [1.807, 2.05) is 6.20 Å². The van der Waals surface area contributed by atoms with Crippen molar-refractivity contribution in [2.24, 2.45) is 5.92 Å². The minimum atomic E-state index is 0.712. The number of anilines is 1. The lowest BCUT2D eigenvalue weighted by Gasteiger charge is -2.32. The predicted octanol–water partition coefficient (Wildman–Crippen LogP) is 4.00. The van der Waals surface area contributed by atoms with Crippen LogP contribution in [0.25, 0.3) is 0 Å². The van der Waals surface area contributed by atoms with Crippen LogP contribution < -0.4 is 10.2 Å². The lowest BCUT2D eigenvalue weighted by atomic mass is 9.85. The third-order valence-electron chi connectivity index (χ3n) is 4.97. The van der Waals surface area contributed by atoms with E-state index in [1.54, 1.807) is 0 Å². The predicted molar refractivity (Wildman–Crippen MR) is 89.0 cm³/mol. The lowest BCUT2D eigenvalue weighted by molar-refractivity contribution is 0.341. The molecule has 3 rings (SSSR count). The van der Waals surface area contributed by atoms with Crippen molar-refractivity contribution in [3.05, 3.63) is 22.8 Å². The van der Waals surface area contributed by atoms with Gasteiger partial charge in [0.25, 0.3) is 0 Å². The summed E-state index contributed by atoms with van der Waals surface area (Å²) < 4.78 is 0. The summed E-state index contributed by atoms with van der Waals surface area (Å²) in [4.78, 5) is 7.14. The highest BCUT2D eigenvalue weighted by atomic mass is 35.5. The molecule has 2 heterocycles. The molecule has 21 heavy (non-hydrogen) atoms. The number of hydrogen-bond donors (Lipinski definition) is 1. The van der Waals surface area contributed by atoms with E-state index in [9.17, 15) is 0 Å². The van der Waals surface area contributed by atoms with Crippen LogP contribution >= 0.6 is 11.6 Å². The number of rotatable bonds is 5. The largest absolute Gasteiger partial charge is 0.353 e. The van der Waals surface area contributed by atoms with Crippen LogP contribution in [0.15, 0.2) is 12.3 Å². The van der Waals surface area contributed by atoms with Crippen LogP contribution in [0.3, 0.4) is 0 Å². The van der Waals surface area contributed by atoms with Crippen LogP contribution in [0.1, 0.15) is 51.0 Å². The Labute approximate surface area is 133 Å². The molecule has 2 fully saturated rings. The second-order valence-corrected chi connectivity index (χ2v) is 6.81. The summed E-state index contributed by atoms with van der Waals surface area (Å²) in [5.41, 5.74) is 1.18. The van der Waals surface area contributed by atoms with Gasteiger partial charge >= 0.3 is 0 Å². The van der Waals surface area contributed by atoms with Crippen LogP contribution in [0, 0.1) is 5.92 Å². The zero-order valence-electron chi connectivity index (χ0n) is 12.9. The molecule has 3 nitrogen and oxygen atoms in total. The second kappa shape index (κ2) is 6.97. The summed E-state index contributed by atoms with van der Waals surface area (Å²) in [6.45, 7) is 5.21. The van der Waals surface area contributed by atoms with Crippen LogP contribution in [-0.4, -0.2) is 24.1 Å². The molecule has 116 valence electrons. The summed E-state index contributed by atoms with van der Waals surface area (Å²) in [6.07, 6.45) is 9.82. The van der Waals surface area contributed by atoms with Gasteiger partial charge in [0.15, 0.2) is 0 Å². The van der Waals surface area contributed by atoms with Gasteiger partial charge in [-0.15, -0.1) is 0 Å². The smallest absolute Gasteiger partial charge is 0.129 e. The highest BCUT2D eigenvalue weighted by molar-refractivity contribution is 6.31. The van der Waals surface area contributed by atoms with Crippen molar-refractivity contribution in [1.82, 2.24) is 10.3 Å². The zero-order chi connectivity index (χ0) is 14.7. The van der Waals surface area contributed by atoms with Crippen LogP contribution in [-0.2, 0) is 6.54 Å². The minimum Gasteiger partial charge on any atom is -0.353 e. The van der Waals surface area contributed by atoms with E-state index in [-0.39, 0.29) is 0 Å². The Hall–Kier alpha value is -0.800. The first kappa shape index (κ1) is 15.1. The molecule has 0 spiro atoms. The molecule has 1 saturated heterocycles. The van der Waals surface area contributed by atoms with Crippen molar-refractivity contribution >= 4 is 17.4 Å². The topological polar surface area (TPSA) is 28.2 Å². The van der Waals surface area contributed by atoms with E-state index in [0.29, 0.717) is 6.04 Å². The molecule has 1 N–H and O–H groups in total. The third kappa shape index (κ3) is 3.35. The van der Waals surface area contributed by atoms with Crippen molar-refractivity contribution in [1.29, 1.82) is 0 Å². The Bertz CT molecular complexity index is 477. The van der Waals surface area contributed by atoms with Crippen molar-refractivity contribution in [3.8, 4) is 0 Å². The van der Waals surface area contributed by atoms with Gasteiger partial charge in [-0.25, -0.2) is 4.98 Å². The lowest BCUT2D eigenvalue weighted by Crippen LogP contribution is -2.35. The molecule has 1 aromatic heterocycles. The average molecular weight is 308 g/mol. The molecule has 1 aliphatic carbocycles. The molecule has 0 aromatic carbocycles. The molecule has 2 unspecified atom stereocenters. The Balaban J connectivity index is 1.74. The average Bonchev–Trinajstić information content (AvgIpc) is 2.93. The molecule has 0 radical (unpaired) electrons. The highest BCUT2D eigenvalue weighted by Crippen LogP contribution is 2.38. The Morgan fingerprint density at radius 3 is 3.05 bits per heavy atom. The molecule has 1 aliphatic heterocycles. The van der Waals surface area contributed by atoms with Gasteiger partial charge in [0.05, 0.1) is 5.02 Å². The van der Waals surface area contributed by atoms with E-state index >= 15 is 0 Å². The standard InChI is InChI=1S/C17H26ClN3/c1-2-8-19-11-14-10-17(20-12-15(14)18)21-9-7-13-5-3-4-6-16(13)21/h10,12-13,16,19H,2-9,11H2,1H3. The van der Waals surface area contributed by atoms with Gasteiger partial charge < -0.3 is 10.2 Å². The number of halogens is 1. The Morgan fingerprint density at radius 1 is 1.33 bits per heavy atom. The van der Waals surface area contributed by atoms with Gasteiger partial charge in [-0.2, -0.15) is 0 Å². The number of nitrogens with one attached hydrogen (secondary N) is 1. The van der Waals surface area contributed by atoms with Gasteiger partial charge in [0.2, 0.25) is 0 Å². The fourth-order valence-electron chi connectivity index (χ4n) is 3.85. The number of hydrogen-bond acceptors (Lipinski definition) is 3. The SMILES string of the molecule is CCCNCc1cc(N2CCC3CCCCC32)ncc1Cl. The number of nitrogens with zero attached hydrogens (tertiary/aromatic N) is 2. The summed E-state index contributed by atoms with van der Waals surface area (Å²) in [6, 6.07) is 2.91. The fraction of sp³-hybridized carbons (Fsp3) is 0.706. The summed E-state index contributed by atoms with van der Waals surface area (Å²) in [5.74, 6) is 2.01. The molecule has 2 atom stereocenters. The summed E-state index contributed by atoms with van der Waals surface area (Å²) in [7, 11) is 0. The van der Waals surface area contributed by atoms with E-state index < -0.39 is 0 Å². The van der Waals surface area contributed by atoms with E-state index in [2.05, 4.69) is 28.2 Å². The first-order valence-corrected chi connectivity index (χ1v) is 8.79. The van der Waals surface area contributed by atoms with Gasteiger partial charge in [-0.1, -0.05) is 31.4 Å². The maximum Gasteiger partial charge on any atom is 0.129 e. The molecular formula is C17H26ClN3. The van der Waals surface area contributed by atoms with Gasteiger partial charge in [0, 0.05) is 25.3 Å². The maximum atomic E-state index is 6.30. The molecule has 0 bridgehead atoms. The maximum absolute atomic E-state index is 6.30. The summed E-state index contributed by atoms with van der Waals surface area (Å²) in [5, 5.41) is 4.21. The third-order valence-corrected chi connectivity index (χ3v) is 5.31. The normalized spacial score (nSPS) is 25.1. The van der Waals surface area contributed by atoms with Crippen LogP contribution in [0.4, 0.5) is 5.82 Å². The number of aromatic nitrogens is 1. The Kier molecular flexibility index (Phi) is 5.02. The van der Waals surface area contributed by atoms with Crippen molar-refractivity contribution in [2.75, 3.05) is 18.0 Å². The zero-order valence-corrected chi connectivity index (χ0v) is 13.7. The first-order valence-electron chi connectivity index (χ1n) is 8.41.